The Labute approximate surface area is 147 Å². The number of thiocarbonyl (C=S) groups is 1. The summed E-state index contributed by atoms with van der Waals surface area (Å²) < 4.78 is 0.579. The van der Waals surface area contributed by atoms with Crippen LogP contribution in [0.5, 0.6) is 0 Å². The molecule has 0 heterocycles. The zero-order valence-electron chi connectivity index (χ0n) is 8.44. The molecule has 0 unspecified atom stereocenters. The van der Waals surface area contributed by atoms with Gasteiger partial charge in [0.1, 0.15) is 0 Å². The zero-order chi connectivity index (χ0) is 10.1. The fourth-order valence-corrected chi connectivity index (χ4v) is 0.998. The van der Waals surface area contributed by atoms with Crippen molar-refractivity contribution in [1.29, 1.82) is 0 Å². The molecule has 0 N–H and O–H groups in total. The van der Waals surface area contributed by atoms with Crippen LogP contribution in [0.15, 0.2) is 0 Å². The second-order valence-corrected chi connectivity index (χ2v) is 2.69. The molecule has 0 radical (unpaired) electrons. The fraction of sp³-hybridized carbons (Fsp3) is 0.800. The molecule has 0 aliphatic heterocycles. The maximum atomic E-state index is 8.25. The van der Waals surface area contributed by atoms with Crippen molar-refractivity contribution in [2.45, 2.75) is 13.8 Å². The van der Waals surface area contributed by atoms with E-state index in [-0.39, 0.29) is 67.7 Å². The molecule has 0 rings (SSSR count). The second-order valence-electron chi connectivity index (χ2n) is 1.66. The first-order valence-electron chi connectivity index (χ1n) is 3.23. The first kappa shape index (κ1) is 30.0. The van der Waals surface area contributed by atoms with Gasteiger partial charge >= 0.3 is 67.7 Å². The predicted octanol–water partition coefficient (Wildman–Crippen LogP) is 0.535. The fourth-order valence-electron chi connectivity index (χ4n) is 0.482. The summed E-state index contributed by atoms with van der Waals surface area (Å²) in [6.07, 6.45) is 0. The molecule has 0 saturated heterocycles. The Hall–Kier alpha value is 1.54. The van der Waals surface area contributed by atoms with Crippen LogP contribution in [0.2, 0.25) is 0 Å². The van der Waals surface area contributed by atoms with Crippen LogP contribution in [0.3, 0.4) is 0 Å². The first-order chi connectivity index (χ1) is 5.45. The van der Waals surface area contributed by atoms with Crippen LogP contribution in [-0.4, -0.2) is 53.2 Å². The summed E-state index contributed by atoms with van der Waals surface area (Å²) in [4.78, 5) is 10.2. The van der Waals surface area contributed by atoms with Gasteiger partial charge in [-0.2, -0.15) is 0 Å². The van der Waals surface area contributed by atoms with Crippen molar-refractivity contribution in [2.75, 3.05) is 13.1 Å². The minimum atomic E-state index is -1.75. The van der Waals surface area contributed by atoms with Crippen LogP contribution in [0, 0.1) is 15.3 Å². The van der Waals surface area contributed by atoms with Crippen molar-refractivity contribution in [1.82, 2.24) is 4.90 Å². The third kappa shape index (κ3) is 31.3. The number of hydrogen-bond donors (Lipinski definition) is 0. The average molecular weight is 498 g/mol. The Bertz CT molecular complexity index is 161. The molecule has 15 heavy (non-hydrogen) atoms. The predicted molar refractivity (Wildman–Crippen MR) is 59.0 cm³/mol. The van der Waals surface area contributed by atoms with Crippen LogP contribution < -0.4 is 0 Å². The van der Waals surface area contributed by atoms with Crippen LogP contribution >= 0.6 is 12.2 Å². The van der Waals surface area contributed by atoms with Gasteiger partial charge in [-0.25, -0.2) is 0 Å². The minimum Gasteiger partial charge on any atom is -0.411 e. The van der Waals surface area contributed by atoms with Crippen molar-refractivity contribution in [3.8, 4) is 0 Å². The first-order valence-corrected chi connectivity index (χ1v) is 4.04. The molecule has 82 valence electrons. The third-order valence-electron chi connectivity index (χ3n) is 1.02. The Kier molecular flexibility index (Phi) is 41.8. The molecule has 0 atom stereocenters. The van der Waals surface area contributed by atoms with Gasteiger partial charge in [0.2, 0.25) is 0 Å². The van der Waals surface area contributed by atoms with E-state index in [0.717, 1.165) is 13.1 Å². The van der Waals surface area contributed by atoms with Crippen LogP contribution in [0.4, 0.5) is 0 Å². The molecule has 5 nitrogen and oxygen atoms in total. The molecule has 0 aromatic rings. The van der Waals surface area contributed by atoms with Gasteiger partial charge in [0.25, 0.3) is 0 Å². The quantitative estimate of drug-likeness (QED) is 0.182. The van der Waals surface area contributed by atoms with Crippen molar-refractivity contribution < 1.29 is 46.9 Å². The molecule has 0 spiro atoms. The molecule has 0 aliphatic rings. The average Bonchev–Trinajstić information content (AvgIpc) is 1.87. The van der Waals surface area contributed by atoms with Crippen molar-refractivity contribution in [3.05, 3.63) is 15.3 Å². The molecule has 0 aromatic heterocycles. The summed E-state index contributed by atoms with van der Waals surface area (Å²) in [6, 6.07) is 0. The second kappa shape index (κ2) is 20.9. The summed E-state index contributed by atoms with van der Waals surface area (Å²) in [6.45, 7) is 5.95. The largest absolute Gasteiger partial charge is 3.00 e. The van der Waals surface area contributed by atoms with Crippen molar-refractivity contribution in [2.24, 2.45) is 0 Å². The van der Waals surface area contributed by atoms with Crippen LogP contribution in [-0.2, 0) is 54.5 Å². The van der Waals surface area contributed by atoms with E-state index in [2.05, 4.69) is 0 Å². The maximum Gasteiger partial charge on any atom is 3.00 e. The normalized spacial score (nSPS) is 6.27. The van der Waals surface area contributed by atoms with E-state index in [1.807, 2.05) is 18.7 Å². The molecular formula is C5H10AgInN2O3S2Zn+4. The SMILES string of the molecule is CCN(CC)C(=S)[S-].O=[N+]([O-])[O-].[Ag+].[In+3].[Zn+2]. The Morgan fingerprint density at radius 3 is 1.60 bits per heavy atom. The van der Waals surface area contributed by atoms with Gasteiger partial charge in [0.15, 0.2) is 0 Å². The van der Waals surface area contributed by atoms with Gasteiger partial charge in [-0.1, -0.05) is 4.32 Å². The Morgan fingerprint density at radius 1 is 1.40 bits per heavy atom. The minimum absolute atomic E-state index is 0. The van der Waals surface area contributed by atoms with Gasteiger partial charge in [-0.3, -0.25) is 0 Å². The number of rotatable bonds is 2. The number of hydrogen-bond acceptors (Lipinski definition) is 5. The number of nitrogens with zero attached hydrogens (tertiary/aromatic N) is 2. The van der Waals surface area contributed by atoms with E-state index in [0.29, 0.717) is 4.32 Å². The van der Waals surface area contributed by atoms with Crippen LogP contribution in [0.1, 0.15) is 13.8 Å². The van der Waals surface area contributed by atoms with Gasteiger partial charge < -0.3 is 45.1 Å². The molecule has 0 aliphatic carbocycles. The van der Waals surface area contributed by atoms with Crippen molar-refractivity contribution >= 4 is 55.0 Å². The molecule has 0 fully saturated rings. The molecule has 0 aromatic carbocycles. The van der Waals surface area contributed by atoms with E-state index in [1.54, 1.807) is 0 Å². The monoisotopic (exact) mass is 496 g/mol. The van der Waals surface area contributed by atoms with Crippen LogP contribution in [0.25, 0.3) is 0 Å². The van der Waals surface area contributed by atoms with Gasteiger partial charge in [-0.15, -0.1) is 0 Å². The molecule has 0 saturated carbocycles. The molecule has 10 heteroatoms. The summed E-state index contributed by atoms with van der Waals surface area (Å²) in [5.41, 5.74) is 0. The Morgan fingerprint density at radius 2 is 1.60 bits per heavy atom. The van der Waals surface area contributed by atoms with E-state index >= 15 is 0 Å². The summed E-state index contributed by atoms with van der Waals surface area (Å²) in [5.74, 6) is 0. The molecule has 0 bridgehead atoms. The van der Waals surface area contributed by atoms with Crippen molar-refractivity contribution in [3.63, 3.8) is 0 Å². The topological polar surface area (TPSA) is 69.4 Å². The molecular weight excluding hydrogens is 488 g/mol. The standard InChI is InChI=1S/C5H11NS2.Ag.In.NO3.Zn/c1-3-6(4-2)5(7)8;;;2-1(3)4;/h3-4H2,1-2H3,(H,7,8);;;;/q;+1;+3;-1;+2/p-1. The summed E-state index contributed by atoms with van der Waals surface area (Å²) in [5, 5.41) is 14.8. The Balaban J connectivity index is -0.0000000424. The van der Waals surface area contributed by atoms with Gasteiger partial charge in [0, 0.05) is 13.1 Å². The van der Waals surface area contributed by atoms with Gasteiger partial charge in [0.05, 0.1) is 5.09 Å². The third-order valence-corrected chi connectivity index (χ3v) is 1.54. The summed E-state index contributed by atoms with van der Waals surface area (Å²) >= 11 is 9.51. The smallest absolute Gasteiger partial charge is 0.411 e. The molecule has 0 amide bonds. The van der Waals surface area contributed by atoms with E-state index < -0.39 is 5.09 Å². The van der Waals surface area contributed by atoms with E-state index in [1.165, 1.54) is 0 Å². The zero-order valence-corrected chi connectivity index (χ0v) is 17.8. The van der Waals surface area contributed by atoms with E-state index in [4.69, 9.17) is 40.2 Å². The maximum absolute atomic E-state index is 8.25. The summed E-state index contributed by atoms with van der Waals surface area (Å²) in [7, 11) is 0. The van der Waals surface area contributed by atoms with E-state index in [9.17, 15) is 0 Å². The van der Waals surface area contributed by atoms with Gasteiger partial charge in [-0.05, 0) is 13.8 Å².